The number of hydrogen-bond acceptors (Lipinski definition) is 5. The van der Waals surface area contributed by atoms with Crippen LogP contribution in [0, 0.1) is 5.92 Å². The Bertz CT molecular complexity index is 806. The van der Waals surface area contributed by atoms with Gasteiger partial charge in [0.05, 0.1) is 0 Å². The fourth-order valence-electron chi connectivity index (χ4n) is 3.09. The molecule has 1 aromatic heterocycles. The average Bonchev–Trinajstić information content (AvgIpc) is 3.13. The van der Waals surface area contributed by atoms with E-state index < -0.39 is 0 Å². The van der Waals surface area contributed by atoms with Crippen molar-refractivity contribution in [1.82, 2.24) is 15.1 Å². The Morgan fingerprint density at radius 3 is 2.74 bits per heavy atom. The lowest BCUT2D eigenvalue weighted by molar-refractivity contribution is -0.133. The number of carbonyl (C=O) groups excluding carboxylic acids is 2. The van der Waals surface area contributed by atoms with E-state index >= 15 is 0 Å². The van der Waals surface area contributed by atoms with E-state index in [1.165, 1.54) is 11.3 Å². The van der Waals surface area contributed by atoms with Gasteiger partial charge in [-0.2, -0.15) is 0 Å². The Kier molecular flexibility index (Phi) is 6.44. The van der Waals surface area contributed by atoms with Gasteiger partial charge in [-0.1, -0.05) is 36.8 Å². The topological polar surface area (TPSA) is 75.2 Å². The fraction of sp³-hybridized carbons (Fsp3) is 0.474. The normalized spacial score (nSPS) is 17.2. The molecule has 8 heteroatoms. The van der Waals surface area contributed by atoms with Crippen molar-refractivity contribution < 1.29 is 9.59 Å². The van der Waals surface area contributed by atoms with E-state index in [9.17, 15) is 9.59 Å². The number of nitrogens with zero attached hydrogens (tertiary/aromatic N) is 3. The van der Waals surface area contributed by atoms with Crippen LogP contribution in [-0.2, 0) is 4.79 Å². The van der Waals surface area contributed by atoms with Gasteiger partial charge in [0, 0.05) is 36.1 Å². The van der Waals surface area contributed by atoms with Crippen LogP contribution >= 0.6 is 22.9 Å². The summed E-state index contributed by atoms with van der Waals surface area (Å²) < 4.78 is 0. The highest BCUT2D eigenvalue weighted by molar-refractivity contribution is 7.13. The van der Waals surface area contributed by atoms with Crippen molar-refractivity contribution in [2.24, 2.45) is 5.92 Å². The minimum absolute atomic E-state index is 0.143. The summed E-state index contributed by atoms with van der Waals surface area (Å²) in [6, 6.07) is 6.91. The van der Waals surface area contributed by atoms with Crippen LogP contribution in [0.5, 0.6) is 0 Å². The first kappa shape index (κ1) is 19.8. The first-order chi connectivity index (χ1) is 12.9. The number of hydrogen-bond donors (Lipinski definition) is 1. The third-order valence-corrected chi connectivity index (χ3v) is 5.78. The zero-order chi connectivity index (χ0) is 19.4. The van der Waals surface area contributed by atoms with Crippen molar-refractivity contribution in [3.05, 3.63) is 39.3 Å². The molecule has 27 heavy (non-hydrogen) atoms. The molecule has 1 atom stereocenters. The Morgan fingerprint density at radius 1 is 1.30 bits per heavy atom. The van der Waals surface area contributed by atoms with Crippen molar-refractivity contribution in [3.63, 3.8) is 0 Å². The zero-order valence-corrected chi connectivity index (χ0v) is 17.0. The predicted octanol–water partition coefficient (Wildman–Crippen LogP) is 4.20. The van der Waals surface area contributed by atoms with Crippen LogP contribution in [0.3, 0.4) is 0 Å². The first-order valence-electron chi connectivity index (χ1n) is 9.10. The Morgan fingerprint density at radius 2 is 2.04 bits per heavy atom. The maximum Gasteiger partial charge on any atom is 0.286 e. The van der Waals surface area contributed by atoms with Crippen molar-refractivity contribution in [2.45, 2.75) is 39.0 Å². The minimum Gasteiger partial charge on any atom is -0.342 e. The molecule has 2 amide bonds. The van der Waals surface area contributed by atoms with Gasteiger partial charge < -0.3 is 10.2 Å². The summed E-state index contributed by atoms with van der Waals surface area (Å²) in [5.74, 6) is 0.400. The van der Waals surface area contributed by atoms with Crippen LogP contribution in [0.4, 0.5) is 5.69 Å². The lowest BCUT2D eigenvalue weighted by Gasteiger charge is -2.32. The SMILES string of the molecule is CC(C)CC(=O)N1CCCC(c2nnc(C(=O)Nc3ccc(Cl)cc3)s2)C1. The Balaban J connectivity index is 1.63. The molecule has 1 fully saturated rings. The molecule has 0 saturated carbocycles. The van der Waals surface area contributed by atoms with E-state index in [2.05, 4.69) is 29.4 Å². The molecule has 0 radical (unpaired) electrons. The molecule has 1 aliphatic heterocycles. The van der Waals surface area contributed by atoms with Gasteiger partial charge in [0.25, 0.3) is 5.91 Å². The van der Waals surface area contributed by atoms with Gasteiger partial charge in [-0.15, -0.1) is 10.2 Å². The van der Waals surface area contributed by atoms with Crippen LogP contribution in [0.25, 0.3) is 0 Å². The molecule has 3 rings (SSSR count). The second kappa shape index (κ2) is 8.80. The molecule has 6 nitrogen and oxygen atoms in total. The summed E-state index contributed by atoms with van der Waals surface area (Å²) in [4.78, 5) is 26.7. The van der Waals surface area contributed by atoms with Crippen molar-refractivity contribution in [3.8, 4) is 0 Å². The van der Waals surface area contributed by atoms with E-state index in [0.29, 0.717) is 34.6 Å². The molecule has 0 bridgehead atoms. The molecule has 144 valence electrons. The number of halogens is 1. The molecule has 1 unspecified atom stereocenters. The van der Waals surface area contributed by atoms with E-state index in [1.807, 2.05) is 4.90 Å². The standard InChI is InChI=1S/C19H23ClN4O2S/c1-12(2)10-16(25)24-9-3-4-13(11-24)18-22-23-19(27-18)17(26)21-15-7-5-14(20)6-8-15/h5-8,12-13H,3-4,9-11H2,1-2H3,(H,21,26). The smallest absolute Gasteiger partial charge is 0.286 e. The largest absolute Gasteiger partial charge is 0.342 e. The Hall–Kier alpha value is -1.99. The van der Waals surface area contributed by atoms with Gasteiger partial charge in [-0.25, -0.2) is 0 Å². The molecule has 0 spiro atoms. The van der Waals surface area contributed by atoms with E-state index in [-0.39, 0.29) is 17.7 Å². The third-order valence-electron chi connectivity index (χ3n) is 4.44. The molecule has 1 N–H and O–H groups in total. The lowest BCUT2D eigenvalue weighted by Crippen LogP contribution is -2.39. The maximum atomic E-state index is 12.4. The molecule has 0 aliphatic carbocycles. The van der Waals surface area contributed by atoms with Gasteiger partial charge in [-0.3, -0.25) is 9.59 Å². The van der Waals surface area contributed by atoms with Crippen LogP contribution in [0.15, 0.2) is 24.3 Å². The maximum absolute atomic E-state index is 12.4. The molecule has 1 aromatic carbocycles. The number of anilines is 1. The number of piperidine rings is 1. The summed E-state index contributed by atoms with van der Waals surface area (Å²) in [6.07, 6.45) is 2.47. The molecule has 1 aliphatic rings. The fourth-order valence-corrected chi connectivity index (χ4v) is 4.08. The number of amides is 2. The molecule has 2 aromatic rings. The molecule has 1 saturated heterocycles. The lowest BCUT2D eigenvalue weighted by atomic mass is 9.98. The van der Waals surface area contributed by atoms with Gasteiger partial charge in [-0.05, 0) is 43.0 Å². The highest BCUT2D eigenvalue weighted by Gasteiger charge is 2.28. The second-order valence-electron chi connectivity index (χ2n) is 7.18. The second-order valence-corrected chi connectivity index (χ2v) is 8.63. The van der Waals surface area contributed by atoms with Crippen LogP contribution in [0.2, 0.25) is 5.02 Å². The van der Waals surface area contributed by atoms with Gasteiger partial charge in [0.15, 0.2) is 0 Å². The third kappa shape index (κ3) is 5.26. The van der Waals surface area contributed by atoms with Crippen LogP contribution < -0.4 is 5.32 Å². The summed E-state index contributed by atoms with van der Waals surface area (Å²) in [5.41, 5.74) is 0.657. The summed E-state index contributed by atoms with van der Waals surface area (Å²) in [5, 5.41) is 12.8. The minimum atomic E-state index is -0.287. The molecule has 2 heterocycles. The molecular formula is C19H23ClN4O2S. The number of rotatable bonds is 5. The number of aromatic nitrogens is 2. The first-order valence-corrected chi connectivity index (χ1v) is 10.3. The monoisotopic (exact) mass is 406 g/mol. The van der Waals surface area contributed by atoms with Gasteiger partial charge >= 0.3 is 0 Å². The van der Waals surface area contributed by atoms with Gasteiger partial charge in [0.2, 0.25) is 10.9 Å². The van der Waals surface area contributed by atoms with Gasteiger partial charge in [0.1, 0.15) is 5.01 Å². The molecular weight excluding hydrogens is 384 g/mol. The van der Waals surface area contributed by atoms with Crippen LogP contribution in [0.1, 0.15) is 53.8 Å². The number of likely N-dealkylation sites (tertiary alicyclic amines) is 1. The number of benzene rings is 1. The van der Waals surface area contributed by atoms with Crippen LogP contribution in [-0.4, -0.2) is 40.0 Å². The summed E-state index contributed by atoms with van der Waals surface area (Å²) in [7, 11) is 0. The zero-order valence-electron chi connectivity index (χ0n) is 15.4. The average molecular weight is 407 g/mol. The highest BCUT2D eigenvalue weighted by atomic mass is 35.5. The number of nitrogens with one attached hydrogen (secondary N) is 1. The van der Waals surface area contributed by atoms with E-state index in [4.69, 9.17) is 11.6 Å². The van der Waals surface area contributed by atoms with Crippen molar-refractivity contribution in [2.75, 3.05) is 18.4 Å². The summed E-state index contributed by atoms with van der Waals surface area (Å²) >= 11 is 7.15. The van der Waals surface area contributed by atoms with E-state index in [1.54, 1.807) is 24.3 Å². The van der Waals surface area contributed by atoms with E-state index in [0.717, 1.165) is 24.4 Å². The predicted molar refractivity (Wildman–Crippen MR) is 107 cm³/mol. The number of carbonyl (C=O) groups is 2. The quantitative estimate of drug-likeness (QED) is 0.807. The van der Waals surface area contributed by atoms with Crippen molar-refractivity contribution >= 4 is 40.4 Å². The summed E-state index contributed by atoms with van der Waals surface area (Å²) in [6.45, 7) is 5.55. The Labute approximate surface area is 167 Å². The van der Waals surface area contributed by atoms with Crippen molar-refractivity contribution in [1.29, 1.82) is 0 Å². The highest BCUT2D eigenvalue weighted by Crippen LogP contribution is 2.30.